The smallest absolute Gasteiger partial charge is 0.263 e. The van der Waals surface area contributed by atoms with Crippen molar-refractivity contribution in [2.24, 2.45) is 0 Å². The molecule has 3 nitrogen and oxygen atoms in total. The van der Waals surface area contributed by atoms with E-state index >= 15 is 0 Å². The fourth-order valence-corrected chi connectivity index (χ4v) is 2.98. The lowest BCUT2D eigenvalue weighted by Crippen LogP contribution is -2.44. The molecule has 2 rings (SSSR count). The number of carbonyl (C=O) groups excluding carboxylic acids is 1. The molecule has 5 heteroatoms. The molecule has 19 heavy (non-hydrogen) atoms. The van der Waals surface area contributed by atoms with E-state index in [1.54, 1.807) is 5.51 Å². The Labute approximate surface area is 125 Å². The van der Waals surface area contributed by atoms with Crippen LogP contribution < -0.4 is 5.32 Å². The summed E-state index contributed by atoms with van der Waals surface area (Å²) in [4.78, 5) is 17.1. The molecule has 1 aromatic carbocycles. The highest BCUT2D eigenvalue weighted by atomic mass is 79.9. The fraction of sp³-hybridized carbons (Fsp3) is 0.286. The molecule has 100 valence electrons. The van der Waals surface area contributed by atoms with Crippen molar-refractivity contribution >= 4 is 33.2 Å². The van der Waals surface area contributed by atoms with Gasteiger partial charge in [0, 0.05) is 5.33 Å². The number of benzene rings is 1. The molecule has 0 aliphatic heterocycles. The van der Waals surface area contributed by atoms with Crippen LogP contribution in [0.25, 0.3) is 0 Å². The van der Waals surface area contributed by atoms with E-state index in [1.165, 1.54) is 11.3 Å². The molecule has 0 saturated carbocycles. The van der Waals surface area contributed by atoms with Gasteiger partial charge in [-0.05, 0) is 19.4 Å². The summed E-state index contributed by atoms with van der Waals surface area (Å²) in [6.45, 7) is 3.85. The summed E-state index contributed by atoms with van der Waals surface area (Å²) in [5, 5.41) is 3.73. The third-order valence-electron chi connectivity index (χ3n) is 3.02. The maximum atomic E-state index is 12.3. The minimum Gasteiger partial charge on any atom is -0.341 e. The Kier molecular flexibility index (Phi) is 4.37. The predicted octanol–water partition coefficient (Wildman–Crippen LogP) is 3.49. The highest BCUT2D eigenvalue weighted by Gasteiger charge is 2.28. The molecule has 1 atom stereocenters. The number of aromatic nitrogens is 1. The lowest BCUT2D eigenvalue weighted by molar-refractivity contribution is 0.0917. The molecular formula is C14H15BrN2OS. The van der Waals surface area contributed by atoms with Gasteiger partial charge in [0.1, 0.15) is 4.88 Å². The van der Waals surface area contributed by atoms with Crippen LogP contribution in [0.5, 0.6) is 0 Å². The Hall–Kier alpha value is -1.20. The molecule has 1 unspecified atom stereocenters. The van der Waals surface area contributed by atoms with Crippen molar-refractivity contribution in [3.63, 3.8) is 0 Å². The van der Waals surface area contributed by atoms with Gasteiger partial charge in [0.2, 0.25) is 0 Å². The molecule has 0 bridgehead atoms. The molecule has 0 aliphatic rings. The summed E-state index contributed by atoms with van der Waals surface area (Å²) in [5.41, 5.74) is 3.10. The van der Waals surface area contributed by atoms with Crippen LogP contribution in [-0.2, 0) is 5.54 Å². The third-order valence-corrected chi connectivity index (χ3v) is 5.07. The zero-order chi connectivity index (χ0) is 13.9. The second kappa shape index (κ2) is 5.84. The Morgan fingerprint density at radius 1 is 1.42 bits per heavy atom. The first-order valence-electron chi connectivity index (χ1n) is 5.91. The number of hydrogen-bond donors (Lipinski definition) is 1. The number of thiazole rings is 1. The van der Waals surface area contributed by atoms with Crippen molar-refractivity contribution in [3.05, 3.63) is 52.0 Å². The molecule has 0 radical (unpaired) electrons. The quantitative estimate of drug-likeness (QED) is 0.867. The topological polar surface area (TPSA) is 42.0 Å². The summed E-state index contributed by atoms with van der Waals surface area (Å²) in [5.74, 6) is -0.0780. The zero-order valence-corrected chi connectivity index (χ0v) is 13.2. The summed E-state index contributed by atoms with van der Waals surface area (Å²) >= 11 is 4.86. The van der Waals surface area contributed by atoms with E-state index in [0.717, 1.165) is 11.3 Å². The molecule has 1 aromatic heterocycles. The Morgan fingerprint density at radius 3 is 2.63 bits per heavy atom. The molecule has 0 fully saturated rings. The second-order valence-electron chi connectivity index (χ2n) is 4.55. The largest absolute Gasteiger partial charge is 0.341 e. The second-order valence-corrected chi connectivity index (χ2v) is 5.97. The van der Waals surface area contributed by atoms with E-state index in [-0.39, 0.29) is 5.91 Å². The van der Waals surface area contributed by atoms with Crippen molar-refractivity contribution in [2.45, 2.75) is 19.4 Å². The standard InChI is InChI=1S/C14H15BrN2OS/c1-10-12(19-9-16-10)13(18)17-14(2,8-15)11-6-4-3-5-7-11/h3-7,9H,8H2,1-2H3,(H,17,18). The number of amides is 1. The van der Waals surface area contributed by atoms with Crippen LogP contribution in [0.4, 0.5) is 0 Å². The first-order chi connectivity index (χ1) is 9.07. The van der Waals surface area contributed by atoms with Crippen LogP contribution >= 0.6 is 27.3 Å². The Balaban J connectivity index is 2.25. The first kappa shape index (κ1) is 14.2. The minimum absolute atomic E-state index is 0.0780. The van der Waals surface area contributed by atoms with Crippen molar-refractivity contribution in [1.82, 2.24) is 10.3 Å². The van der Waals surface area contributed by atoms with E-state index < -0.39 is 5.54 Å². The van der Waals surface area contributed by atoms with E-state index in [0.29, 0.717) is 10.2 Å². The van der Waals surface area contributed by atoms with Crippen LogP contribution in [0.2, 0.25) is 0 Å². The van der Waals surface area contributed by atoms with Crippen LogP contribution in [0.3, 0.4) is 0 Å². The van der Waals surface area contributed by atoms with E-state index in [1.807, 2.05) is 44.2 Å². The van der Waals surface area contributed by atoms with E-state index in [9.17, 15) is 4.79 Å². The zero-order valence-electron chi connectivity index (χ0n) is 10.8. The Morgan fingerprint density at radius 2 is 2.11 bits per heavy atom. The van der Waals surface area contributed by atoms with E-state index in [4.69, 9.17) is 0 Å². The molecule has 1 N–H and O–H groups in total. The Bertz CT molecular complexity index is 570. The van der Waals surface area contributed by atoms with Gasteiger partial charge in [-0.15, -0.1) is 11.3 Å². The van der Waals surface area contributed by atoms with Gasteiger partial charge in [0.15, 0.2) is 0 Å². The maximum Gasteiger partial charge on any atom is 0.263 e. The SMILES string of the molecule is Cc1ncsc1C(=O)NC(C)(CBr)c1ccccc1. The van der Waals surface area contributed by atoms with Crippen LogP contribution in [-0.4, -0.2) is 16.2 Å². The molecular weight excluding hydrogens is 324 g/mol. The van der Waals surface area contributed by atoms with Crippen molar-refractivity contribution in [3.8, 4) is 0 Å². The molecule has 2 aromatic rings. The number of hydrogen-bond acceptors (Lipinski definition) is 3. The number of halogens is 1. The highest BCUT2D eigenvalue weighted by molar-refractivity contribution is 9.09. The van der Waals surface area contributed by atoms with Crippen molar-refractivity contribution in [2.75, 3.05) is 5.33 Å². The number of nitrogens with zero attached hydrogens (tertiary/aromatic N) is 1. The highest BCUT2D eigenvalue weighted by Crippen LogP contribution is 2.24. The average molecular weight is 339 g/mol. The van der Waals surface area contributed by atoms with Crippen LogP contribution in [0.1, 0.15) is 27.9 Å². The maximum absolute atomic E-state index is 12.3. The summed E-state index contributed by atoms with van der Waals surface area (Å²) in [6, 6.07) is 9.94. The average Bonchev–Trinajstić information content (AvgIpc) is 2.86. The first-order valence-corrected chi connectivity index (χ1v) is 7.91. The number of aryl methyl sites for hydroxylation is 1. The van der Waals surface area contributed by atoms with Gasteiger partial charge in [-0.1, -0.05) is 46.3 Å². The monoisotopic (exact) mass is 338 g/mol. The van der Waals surface area contributed by atoms with Gasteiger partial charge in [-0.25, -0.2) is 4.98 Å². The van der Waals surface area contributed by atoms with E-state index in [2.05, 4.69) is 26.2 Å². The van der Waals surface area contributed by atoms with Gasteiger partial charge in [0.05, 0.1) is 16.7 Å². The van der Waals surface area contributed by atoms with Crippen molar-refractivity contribution < 1.29 is 4.79 Å². The summed E-state index contributed by atoms with van der Waals surface area (Å²) < 4.78 is 0. The van der Waals surface area contributed by atoms with Gasteiger partial charge in [0.25, 0.3) is 5.91 Å². The molecule has 0 aliphatic carbocycles. The van der Waals surface area contributed by atoms with Gasteiger partial charge in [-0.2, -0.15) is 0 Å². The van der Waals surface area contributed by atoms with Crippen LogP contribution in [0.15, 0.2) is 35.8 Å². The molecule has 0 spiro atoms. The number of nitrogens with one attached hydrogen (secondary N) is 1. The summed E-state index contributed by atoms with van der Waals surface area (Å²) in [7, 11) is 0. The molecule has 1 amide bonds. The fourth-order valence-electron chi connectivity index (χ4n) is 1.82. The van der Waals surface area contributed by atoms with Crippen LogP contribution in [0, 0.1) is 6.92 Å². The van der Waals surface area contributed by atoms with Gasteiger partial charge >= 0.3 is 0 Å². The predicted molar refractivity (Wildman–Crippen MR) is 81.9 cm³/mol. The summed E-state index contributed by atoms with van der Waals surface area (Å²) in [6.07, 6.45) is 0. The van der Waals surface area contributed by atoms with Crippen molar-refractivity contribution in [1.29, 1.82) is 0 Å². The number of rotatable bonds is 4. The lowest BCUT2D eigenvalue weighted by atomic mass is 9.94. The van der Waals surface area contributed by atoms with Gasteiger partial charge in [-0.3, -0.25) is 4.79 Å². The molecule has 0 saturated heterocycles. The minimum atomic E-state index is -0.436. The lowest BCUT2D eigenvalue weighted by Gasteiger charge is -2.29. The van der Waals surface area contributed by atoms with Gasteiger partial charge < -0.3 is 5.32 Å². The third kappa shape index (κ3) is 3.04. The molecule has 1 heterocycles. The number of carbonyl (C=O) groups is 1. The normalized spacial score (nSPS) is 13.8. The number of alkyl halides is 1.